The minimum Gasteiger partial charge on any atom is -0.467 e. The van der Waals surface area contributed by atoms with Gasteiger partial charge >= 0.3 is 5.69 Å². The fraction of sp³-hybridized carbons (Fsp3) is 0.261. The van der Waals surface area contributed by atoms with E-state index in [4.69, 9.17) is 4.42 Å². The number of nitrogens with one attached hydrogen (secondary N) is 1. The van der Waals surface area contributed by atoms with Gasteiger partial charge in [-0.15, -0.1) is 11.3 Å². The molecule has 3 aromatic heterocycles. The largest absolute Gasteiger partial charge is 0.467 e. The van der Waals surface area contributed by atoms with Gasteiger partial charge in [0.15, 0.2) is 0 Å². The smallest absolute Gasteiger partial charge is 0.333 e. The van der Waals surface area contributed by atoms with E-state index in [9.17, 15) is 14.4 Å². The molecule has 4 aromatic rings. The Bertz CT molecular complexity index is 1430. The van der Waals surface area contributed by atoms with Gasteiger partial charge in [-0.3, -0.25) is 18.7 Å². The first kappa shape index (κ1) is 21.2. The van der Waals surface area contributed by atoms with Gasteiger partial charge in [-0.2, -0.15) is 0 Å². The van der Waals surface area contributed by atoms with Crippen LogP contribution >= 0.6 is 33.9 Å². The fourth-order valence-electron chi connectivity index (χ4n) is 4.15. The van der Waals surface area contributed by atoms with Gasteiger partial charge in [-0.05, 0) is 78.1 Å². The molecule has 1 aliphatic carbocycles. The Morgan fingerprint density at radius 1 is 1.09 bits per heavy atom. The first-order valence-electron chi connectivity index (χ1n) is 10.4. The predicted octanol–water partition coefficient (Wildman–Crippen LogP) is 3.99. The van der Waals surface area contributed by atoms with Crippen molar-refractivity contribution in [1.82, 2.24) is 9.13 Å². The molecule has 0 radical (unpaired) electrons. The number of fused-ring (bicyclic) bond motifs is 3. The van der Waals surface area contributed by atoms with Crippen molar-refractivity contribution in [2.24, 2.45) is 0 Å². The van der Waals surface area contributed by atoms with Crippen molar-refractivity contribution in [3.8, 4) is 0 Å². The number of carbonyl (C=O) groups excluding carboxylic acids is 1. The molecule has 0 saturated carbocycles. The number of furan rings is 1. The molecule has 7 nitrogen and oxygen atoms in total. The topological polar surface area (TPSA) is 86.2 Å². The SMILES string of the molecule is O=C(Cn1c(=O)n(Cc2ccco2)c(=O)c2c3c(sc21)CCCC3)Nc1ccccc1I. The Labute approximate surface area is 200 Å². The van der Waals surface area contributed by atoms with Crippen LogP contribution in [0, 0.1) is 3.57 Å². The molecule has 0 aliphatic heterocycles. The van der Waals surface area contributed by atoms with Gasteiger partial charge in [0.25, 0.3) is 5.56 Å². The molecule has 1 N–H and O–H groups in total. The molecule has 32 heavy (non-hydrogen) atoms. The Morgan fingerprint density at radius 3 is 2.69 bits per heavy atom. The van der Waals surface area contributed by atoms with Gasteiger partial charge in [-0.1, -0.05) is 12.1 Å². The normalized spacial score (nSPS) is 13.3. The van der Waals surface area contributed by atoms with E-state index in [1.807, 2.05) is 24.3 Å². The van der Waals surface area contributed by atoms with Crippen LogP contribution in [0.4, 0.5) is 5.69 Å². The van der Waals surface area contributed by atoms with Crippen LogP contribution in [0.2, 0.25) is 0 Å². The number of amides is 1. The second kappa shape index (κ2) is 8.70. The third kappa shape index (κ3) is 3.83. The van der Waals surface area contributed by atoms with E-state index in [1.165, 1.54) is 26.7 Å². The molecule has 1 aliphatic rings. The zero-order chi connectivity index (χ0) is 22.2. The molecule has 0 unspecified atom stereocenters. The van der Waals surface area contributed by atoms with Crippen molar-refractivity contribution >= 4 is 55.7 Å². The summed E-state index contributed by atoms with van der Waals surface area (Å²) in [5.74, 6) is 0.203. The summed E-state index contributed by atoms with van der Waals surface area (Å²) in [5.41, 5.74) is 0.906. The minimum absolute atomic E-state index is 0.0312. The standard InChI is InChI=1S/C23H20IN3O4S/c24-16-8-2-3-9-17(16)25-19(28)13-27-22-20(15-7-1-4-10-18(15)32-22)21(29)26(23(27)30)12-14-6-5-11-31-14/h2-3,5-6,8-9,11H,1,4,7,10,12-13H2,(H,25,28). The van der Waals surface area contributed by atoms with Gasteiger partial charge in [0, 0.05) is 8.45 Å². The third-order valence-electron chi connectivity index (χ3n) is 5.66. The number of rotatable bonds is 5. The van der Waals surface area contributed by atoms with Crippen LogP contribution in [-0.2, 0) is 30.7 Å². The van der Waals surface area contributed by atoms with E-state index in [-0.39, 0.29) is 24.6 Å². The zero-order valence-electron chi connectivity index (χ0n) is 17.1. The molecule has 0 fully saturated rings. The lowest BCUT2D eigenvalue weighted by molar-refractivity contribution is -0.116. The number of anilines is 1. The van der Waals surface area contributed by atoms with Crippen molar-refractivity contribution in [3.05, 3.63) is 83.3 Å². The fourth-order valence-corrected chi connectivity index (χ4v) is 6.04. The average molecular weight is 561 g/mol. The van der Waals surface area contributed by atoms with Gasteiger partial charge in [0.05, 0.1) is 23.9 Å². The number of nitrogens with zero attached hydrogens (tertiary/aromatic N) is 2. The first-order chi connectivity index (χ1) is 15.5. The maximum absolute atomic E-state index is 13.4. The van der Waals surface area contributed by atoms with Crippen molar-refractivity contribution in [1.29, 1.82) is 0 Å². The van der Waals surface area contributed by atoms with E-state index in [0.29, 0.717) is 21.7 Å². The maximum Gasteiger partial charge on any atom is 0.333 e. The lowest BCUT2D eigenvalue weighted by Gasteiger charge is -2.13. The molecule has 164 valence electrons. The van der Waals surface area contributed by atoms with E-state index in [1.54, 1.807) is 12.1 Å². The number of para-hydroxylation sites is 1. The second-order valence-electron chi connectivity index (χ2n) is 7.76. The van der Waals surface area contributed by atoms with Crippen LogP contribution in [0.1, 0.15) is 29.0 Å². The second-order valence-corrected chi connectivity index (χ2v) is 10.0. The Kier molecular flexibility index (Phi) is 5.76. The molecule has 0 spiro atoms. The number of benzene rings is 1. The monoisotopic (exact) mass is 561 g/mol. The van der Waals surface area contributed by atoms with Crippen molar-refractivity contribution in [2.45, 2.75) is 38.8 Å². The number of hydrogen-bond donors (Lipinski definition) is 1. The van der Waals surface area contributed by atoms with Crippen LogP contribution < -0.4 is 16.6 Å². The molecule has 1 amide bonds. The van der Waals surface area contributed by atoms with Gasteiger partial charge in [0.1, 0.15) is 17.1 Å². The van der Waals surface area contributed by atoms with Crippen LogP contribution in [0.5, 0.6) is 0 Å². The number of carbonyl (C=O) groups is 1. The Hall–Kier alpha value is -2.66. The average Bonchev–Trinajstić information content (AvgIpc) is 3.43. The van der Waals surface area contributed by atoms with E-state index < -0.39 is 5.69 Å². The van der Waals surface area contributed by atoms with Crippen LogP contribution in [-0.4, -0.2) is 15.0 Å². The van der Waals surface area contributed by atoms with E-state index in [2.05, 4.69) is 27.9 Å². The molecule has 1 aromatic carbocycles. The van der Waals surface area contributed by atoms with Crippen LogP contribution in [0.3, 0.4) is 0 Å². The van der Waals surface area contributed by atoms with Crippen LogP contribution in [0.25, 0.3) is 10.2 Å². The van der Waals surface area contributed by atoms with Crippen molar-refractivity contribution in [2.75, 3.05) is 5.32 Å². The zero-order valence-corrected chi connectivity index (χ0v) is 20.1. The van der Waals surface area contributed by atoms with Gasteiger partial charge in [0.2, 0.25) is 5.91 Å². The molecule has 0 atom stereocenters. The highest BCUT2D eigenvalue weighted by Crippen LogP contribution is 2.34. The summed E-state index contributed by atoms with van der Waals surface area (Å²) in [7, 11) is 0. The summed E-state index contributed by atoms with van der Waals surface area (Å²) in [6.45, 7) is -0.137. The maximum atomic E-state index is 13.4. The summed E-state index contributed by atoms with van der Waals surface area (Å²) in [5, 5.41) is 3.45. The molecule has 0 bridgehead atoms. The minimum atomic E-state index is -0.504. The number of hydrogen-bond acceptors (Lipinski definition) is 5. The number of aromatic nitrogens is 2. The number of thiophene rings is 1. The lowest BCUT2D eigenvalue weighted by atomic mass is 9.97. The Balaban J connectivity index is 1.62. The molecule has 5 rings (SSSR count). The lowest BCUT2D eigenvalue weighted by Crippen LogP contribution is -2.41. The predicted molar refractivity (Wildman–Crippen MR) is 133 cm³/mol. The summed E-state index contributed by atoms with van der Waals surface area (Å²) >= 11 is 3.62. The molecule has 3 heterocycles. The number of halogens is 1. The quantitative estimate of drug-likeness (QED) is 0.374. The van der Waals surface area contributed by atoms with Crippen LogP contribution in [0.15, 0.2) is 56.7 Å². The molecule has 9 heteroatoms. The summed E-state index contributed by atoms with van der Waals surface area (Å²) < 4.78 is 8.91. The van der Waals surface area contributed by atoms with Crippen molar-refractivity contribution < 1.29 is 9.21 Å². The molecule has 0 saturated heterocycles. The summed E-state index contributed by atoms with van der Waals surface area (Å²) in [6.07, 6.45) is 5.31. The number of aryl methyl sites for hydroxylation is 2. The van der Waals surface area contributed by atoms with Crippen molar-refractivity contribution in [3.63, 3.8) is 0 Å². The van der Waals surface area contributed by atoms with E-state index in [0.717, 1.165) is 39.7 Å². The third-order valence-corrected chi connectivity index (χ3v) is 7.92. The Morgan fingerprint density at radius 2 is 1.91 bits per heavy atom. The summed E-state index contributed by atoms with van der Waals surface area (Å²) in [6, 6.07) is 10.9. The molecular weight excluding hydrogens is 541 g/mol. The summed E-state index contributed by atoms with van der Waals surface area (Å²) in [4.78, 5) is 41.4. The van der Waals surface area contributed by atoms with Gasteiger partial charge in [-0.25, -0.2) is 4.79 Å². The highest BCUT2D eigenvalue weighted by Gasteiger charge is 2.25. The first-order valence-corrected chi connectivity index (χ1v) is 12.3. The molecular formula is C23H20IN3O4S. The highest BCUT2D eigenvalue weighted by molar-refractivity contribution is 14.1. The van der Waals surface area contributed by atoms with E-state index >= 15 is 0 Å². The highest BCUT2D eigenvalue weighted by atomic mass is 127. The van der Waals surface area contributed by atoms with Gasteiger partial charge < -0.3 is 9.73 Å².